The van der Waals surface area contributed by atoms with Gasteiger partial charge in [-0.2, -0.15) is 9.57 Å². The molecule has 1 aliphatic rings. The average molecular weight is 314 g/mol. The summed E-state index contributed by atoms with van der Waals surface area (Å²) < 4.78 is 26.6. The molecule has 0 saturated heterocycles. The standard InChI is InChI=1S/C13H16ClN3O2S/c1-17(12(8-16)9-2-3-9)20(18,19)13-6-11(14)5-4-10(13)7-15/h4-6,9,12H,2-3,8,16H2,1H3. The summed E-state index contributed by atoms with van der Waals surface area (Å²) in [6.07, 6.45) is 1.98. The Morgan fingerprint density at radius 3 is 2.70 bits per heavy atom. The normalized spacial score (nSPS) is 16.9. The van der Waals surface area contributed by atoms with Crippen molar-refractivity contribution >= 4 is 21.6 Å². The minimum Gasteiger partial charge on any atom is -0.329 e. The predicted octanol–water partition coefficient (Wildman–Crippen LogP) is 1.57. The third kappa shape index (κ3) is 2.81. The smallest absolute Gasteiger partial charge is 0.244 e. The van der Waals surface area contributed by atoms with E-state index in [4.69, 9.17) is 22.6 Å². The van der Waals surface area contributed by atoms with Crippen LogP contribution in [-0.2, 0) is 10.0 Å². The number of benzene rings is 1. The lowest BCUT2D eigenvalue weighted by Gasteiger charge is -2.26. The van der Waals surface area contributed by atoms with Gasteiger partial charge < -0.3 is 5.73 Å². The van der Waals surface area contributed by atoms with Crippen LogP contribution in [0.25, 0.3) is 0 Å². The Balaban J connectivity index is 2.44. The Morgan fingerprint density at radius 1 is 1.55 bits per heavy atom. The Labute approximate surface area is 124 Å². The Hall–Kier alpha value is -1.13. The van der Waals surface area contributed by atoms with Gasteiger partial charge in [-0.25, -0.2) is 8.42 Å². The molecule has 5 nitrogen and oxygen atoms in total. The lowest BCUT2D eigenvalue weighted by atomic mass is 10.2. The average Bonchev–Trinajstić information content (AvgIpc) is 3.24. The van der Waals surface area contributed by atoms with Gasteiger partial charge in [-0.1, -0.05) is 11.6 Å². The van der Waals surface area contributed by atoms with E-state index in [1.54, 1.807) is 0 Å². The van der Waals surface area contributed by atoms with E-state index in [-0.39, 0.29) is 28.1 Å². The highest BCUT2D eigenvalue weighted by Gasteiger charge is 2.38. The fourth-order valence-electron chi connectivity index (χ4n) is 2.25. The molecule has 1 aliphatic carbocycles. The molecule has 0 radical (unpaired) electrons. The number of sulfonamides is 1. The van der Waals surface area contributed by atoms with Crippen LogP contribution in [0.4, 0.5) is 0 Å². The first-order valence-electron chi connectivity index (χ1n) is 6.29. The van der Waals surface area contributed by atoms with Crippen molar-refractivity contribution in [2.45, 2.75) is 23.8 Å². The quantitative estimate of drug-likeness (QED) is 0.893. The Bertz CT molecular complexity index is 650. The number of nitrogens with zero attached hydrogens (tertiary/aromatic N) is 2. The zero-order valence-electron chi connectivity index (χ0n) is 11.1. The largest absolute Gasteiger partial charge is 0.329 e. The molecule has 0 spiro atoms. The maximum Gasteiger partial charge on any atom is 0.244 e. The molecule has 0 heterocycles. The first kappa shape index (κ1) is 15.3. The van der Waals surface area contributed by atoms with Crippen molar-refractivity contribution < 1.29 is 8.42 Å². The van der Waals surface area contributed by atoms with Gasteiger partial charge in [0.1, 0.15) is 11.0 Å². The zero-order chi connectivity index (χ0) is 14.9. The van der Waals surface area contributed by atoms with Crippen LogP contribution in [0.1, 0.15) is 18.4 Å². The van der Waals surface area contributed by atoms with Crippen LogP contribution in [0.2, 0.25) is 5.02 Å². The van der Waals surface area contributed by atoms with Gasteiger partial charge in [-0.05, 0) is 37.0 Å². The van der Waals surface area contributed by atoms with Gasteiger partial charge in [0.15, 0.2) is 0 Å². The second kappa shape index (κ2) is 5.70. The molecule has 2 rings (SSSR count). The summed E-state index contributed by atoms with van der Waals surface area (Å²) in [7, 11) is -2.27. The maximum atomic E-state index is 12.7. The van der Waals surface area contributed by atoms with E-state index in [1.165, 1.54) is 29.6 Å². The molecule has 1 aromatic rings. The molecule has 1 saturated carbocycles. The summed E-state index contributed by atoms with van der Waals surface area (Å²) in [5.41, 5.74) is 5.78. The molecule has 0 aromatic heterocycles. The maximum absolute atomic E-state index is 12.7. The molecule has 1 atom stereocenters. The van der Waals surface area contributed by atoms with Gasteiger partial charge in [0.2, 0.25) is 10.0 Å². The molecule has 7 heteroatoms. The van der Waals surface area contributed by atoms with Crippen molar-refractivity contribution in [3.8, 4) is 6.07 Å². The summed E-state index contributed by atoms with van der Waals surface area (Å²) in [6.45, 7) is 0.267. The van der Waals surface area contributed by atoms with E-state index in [0.717, 1.165) is 12.8 Å². The number of nitriles is 1. The molecule has 0 amide bonds. The van der Waals surface area contributed by atoms with Crippen molar-refractivity contribution in [2.75, 3.05) is 13.6 Å². The molecule has 0 bridgehead atoms. The van der Waals surface area contributed by atoms with E-state index in [1.807, 2.05) is 6.07 Å². The second-order valence-corrected chi connectivity index (χ2v) is 7.32. The number of hydrogen-bond acceptors (Lipinski definition) is 4. The van der Waals surface area contributed by atoms with E-state index in [9.17, 15) is 8.42 Å². The van der Waals surface area contributed by atoms with Gasteiger partial charge in [0.25, 0.3) is 0 Å². The molecule has 2 N–H and O–H groups in total. The number of halogens is 1. The highest BCUT2D eigenvalue weighted by atomic mass is 35.5. The van der Waals surface area contributed by atoms with E-state index in [2.05, 4.69) is 0 Å². The lowest BCUT2D eigenvalue weighted by Crippen LogP contribution is -2.43. The van der Waals surface area contributed by atoms with Gasteiger partial charge in [-0.3, -0.25) is 0 Å². The fourth-order valence-corrected chi connectivity index (χ4v) is 4.08. The van der Waals surface area contributed by atoms with Crippen molar-refractivity contribution in [3.63, 3.8) is 0 Å². The van der Waals surface area contributed by atoms with Gasteiger partial charge in [-0.15, -0.1) is 0 Å². The summed E-state index contributed by atoms with van der Waals surface area (Å²) in [5.74, 6) is 0.310. The lowest BCUT2D eigenvalue weighted by molar-refractivity contribution is 0.340. The van der Waals surface area contributed by atoms with Crippen molar-refractivity contribution in [1.29, 1.82) is 5.26 Å². The predicted molar refractivity (Wildman–Crippen MR) is 76.7 cm³/mol. The molecule has 1 unspecified atom stereocenters. The van der Waals surface area contributed by atoms with Crippen LogP contribution < -0.4 is 5.73 Å². The molecular weight excluding hydrogens is 298 g/mol. The number of likely N-dealkylation sites (N-methyl/N-ethyl adjacent to an activating group) is 1. The first-order chi connectivity index (χ1) is 9.41. The van der Waals surface area contributed by atoms with Crippen molar-refractivity contribution in [1.82, 2.24) is 4.31 Å². The summed E-state index contributed by atoms with van der Waals surface area (Å²) in [4.78, 5) is -0.0610. The van der Waals surface area contributed by atoms with E-state index in [0.29, 0.717) is 5.92 Å². The number of rotatable bonds is 5. The molecule has 0 aliphatic heterocycles. The molecule has 108 valence electrons. The minimum atomic E-state index is -3.77. The number of hydrogen-bond donors (Lipinski definition) is 1. The highest BCUT2D eigenvalue weighted by molar-refractivity contribution is 7.89. The van der Waals surface area contributed by atoms with Crippen molar-refractivity contribution in [3.05, 3.63) is 28.8 Å². The fraction of sp³-hybridized carbons (Fsp3) is 0.462. The minimum absolute atomic E-state index is 0.0610. The third-order valence-electron chi connectivity index (χ3n) is 3.60. The second-order valence-electron chi connectivity index (χ2n) is 4.91. The Kier molecular flexibility index (Phi) is 4.35. The number of nitrogens with two attached hydrogens (primary N) is 1. The van der Waals surface area contributed by atoms with E-state index >= 15 is 0 Å². The third-order valence-corrected chi connectivity index (χ3v) is 5.75. The summed E-state index contributed by atoms with van der Waals surface area (Å²) >= 11 is 5.86. The van der Waals surface area contributed by atoms with Crippen LogP contribution in [0.5, 0.6) is 0 Å². The molecule has 1 fully saturated rings. The van der Waals surface area contributed by atoms with Crippen LogP contribution in [0.15, 0.2) is 23.1 Å². The van der Waals surface area contributed by atoms with Crippen LogP contribution >= 0.6 is 11.6 Å². The monoisotopic (exact) mass is 313 g/mol. The topological polar surface area (TPSA) is 87.2 Å². The zero-order valence-corrected chi connectivity index (χ0v) is 12.7. The SMILES string of the molecule is CN(C(CN)C1CC1)S(=O)(=O)c1cc(Cl)ccc1C#N. The summed E-state index contributed by atoms with van der Waals surface area (Å²) in [5, 5.41) is 9.36. The molecule has 20 heavy (non-hydrogen) atoms. The van der Waals surface area contributed by atoms with Gasteiger partial charge in [0, 0.05) is 24.7 Å². The van der Waals surface area contributed by atoms with Gasteiger partial charge >= 0.3 is 0 Å². The van der Waals surface area contributed by atoms with Crippen LogP contribution in [0.3, 0.4) is 0 Å². The summed E-state index contributed by atoms with van der Waals surface area (Å²) in [6, 6.07) is 5.89. The molecule has 1 aromatic carbocycles. The Morgan fingerprint density at radius 2 is 2.20 bits per heavy atom. The highest BCUT2D eigenvalue weighted by Crippen LogP contribution is 2.36. The molecular formula is C13H16ClN3O2S. The first-order valence-corrected chi connectivity index (χ1v) is 8.11. The van der Waals surface area contributed by atoms with Crippen LogP contribution in [-0.4, -0.2) is 32.4 Å². The van der Waals surface area contributed by atoms with Gasteiger partial charge in [0.05, 0.1) is 5.56 Å². The van der Waals surface area contributed by atoms with E-state index < -0.39 is 10.0 Å². The van der Waals surface area contributed by atoms with Crippen molar-refractivity contribution in [2.24, 2.45) is 11.7 Å². The van der Waals surface area contributed by atoms with Crippen LogP contribution in [0, 0.1) is 17.2 Å².